The third kappa shape index (κ3) is 3.76. The number of carbonyl (C=O) groups excluding carboxylic acids is 1. The molecule has 0 N–H and O–H groups in total. The first-order chi connectivity index (χ1) is 11.1. The van der Waals surface area contributed by atoms with Gasteiger partial charge in [-0.15, -0.1) is 11.8 Å². The zero-order valence-corrected chi connectivity index (χ0v) is 14.1. The molecule has 0 aliphatic carbocycles. The third-order valence-electron chi connectivity index (χ3n) is 3.76. The smallest absolute Gasteiger partial charge is 0.241 e. The number of amides is 1. The maximum atomic E-state index is 12.5. The molecule has 6 heteroatoms. The standard InChI is InChI=1S/C17H17NO3S2/c19-17-15(11-14-7-3-1-4-8-14)12-23(20,21)18(17)13-22-16-9-5-2-6-10-16/h1-10,15H,11-13H2. The first-order valence-electron chi connectivity index (χ1n) is 7.32. The molecule has 1 heterocycles. The van der Waals surface area contributed by atoms with Crippen molar-refractivity contribution in [2.24, 2.45) is 5.92 Å². The fourth-order valence-corrected chi connectivity index (χ4v) is 5.51. The van der Waals surface area contributed by atoms with E-state index >= 15 is 0 Å². The number of thioether (sulfide) groups is 1. The van der Waals surface area contributed by atoms with Crippen LogP contribution >= 0.6 is 11.8 Å². The summed E-state index contributed by atoms with van der Waals surface area (Å²) in [5, 5.41) is 0. The van der Waals surface area contributed by atoms with Gasteiger partial charge in [0.1, 0.15) is 0 Å². The van der Waals surface area contributed by atoms with Gasteiger partial charge in [0, 0.05) is 4.90 Å². The largest absolute Gasteiger partial charge is 0.273 e. The molecular weight excluding hydrogens is 330 g/mol. The van der Waals surface area contributed by atoms with E-state index < -0.39 is 15.9 Å². The Bertz CT molecular complexity index is 776. The Morgan fingerprint density at radius 1 is 1.00 bits per heavy atom. The highest BCUT2D eigenvalue weighted by Gasteiger charge is 2.43. The van der Waals surface area contributed by atoms with Crippen LogP contribution in [0.5, 0.6) is 0 Å². The normalized spacial score (nSPS) is 19.9. The molecule has 1 unspecified atom stereocenters. The third-order valence-corrected chi connectivity index (χ3v) is 6.72. The van der Waals surface area contributed by atoms with Crippen LogP contribution < -0.4 is 0 Å². The Labute approximate surface area is 140 Å². The van der Waals surface area contributed by atoms with Crippen LogP contribution in [0.2, 0.25) is 0 Å². The molecule has 1 saturated heterocycles. The highest BCUT2D eigenvalue weighted by Crippen LogP contribution is 2.28. The zero-order valence-electron chi connectivity index (χ0n) is 12.5. The Morgan fingerprint density at radius 3 is 2.26 bits per heavy atom. The Hall–Kier alpha value is -1.79. The molecule has 2 aromatic rings. The topological polar surface area (TPSA) is 54.5 Å². The van der Waals surface area contributed by atoms with Gasteiger partial charge in [-0.2, -0.15) is 0 Å². The lowest BCUT2D eigenvalue weighted by Gasteiger charge is -2.15. The Morgan fingerprint density at radius 2 is 1.61 bits per heavy atom. The summed E-state index contributed by atoms with van der Waals surface area (Å²) in [6.07, 6.45) is 0.464. The van der Waals surface area contributed by atoms with Crippen molar-refractivity contribution in [2.75, 3.05) is 11.6 Å². The van der Waals surface area contributed by atoms with E-state index in [9.17, 15) is 13.2 Å². The number of carbonyl (C=O) groups is 1. The molecule has 4 nitrogen and oxygen atoms in total. The molecule has 23 heavy (non-hydrogen) atoms. The minimum Gasteiger partial charge on any atom is -0.273 e. The van der Waals surface area contributed by atoms with Crippen LogP contribution in [0.15, 0.2) is 65.6 Å². The quantitative estimate of drug-likeness (QED) is 0.781. The average molecular weight is 347 g/mol. The zero-order chi connectivity index (χ0) is 16.3. The van der Waals surface area contributed by atoms with Gasteiger partial charge in [-0.1, -0.05) is 48.5 Å². The predicted molar refractivity (Wildman–Crippen MR) is 91.4 cm³/mol. The van der Waals surface area contributed by atoms with Crippen LogP contribution in [-0.4, -0.2) is 30.3 Å². The van der Waals surface area contributed by atoms with E-state index in [2.05, 4.69) is 0 Å². The molecule has 3 rings (SSSR count). The van der Waals surface area contributed by atoms with Crippen molar-refractivity contribution >= 4 is 27.7 Å². The van der Waals surface area contributed by atoms with E-state index in [0.29, 0.717) is 6.42 Å². The molecular formula is C17H17NO3S2. The van der Waals surface area contributed by atoms with Crippen molar-refractivity contribution in [2.45, 2.75) is 11.3 Å². The first-order valence-corrected chi connectivity index (χ1v) is 9.92. The Balaban J connectivity index is 1.70. The number of hydrogen-bond donors (Lipinski definition) is 0. The van der Waals surface area contributed by atoms with Gasteiger partial charge in [0.2, 0.25) is 15.9 Å². The minimum absolute atomic E-state index is 0.101. The molecule has 1 atom stereocenters. The van der Waals surface area contributed by atoms with E-state index in [-0.39, 0.29) is 17.5 Å². The second-order valence-corrected chi connectivity index (χ2v) is 8.39. The van der Waals surface area contributed by atoms with E-state index in [4.69, 9.17) is 0 Å². The van der Waals surface area contributed by atoms with E-state index in [1.807, 2.05) is 60.7 Å². The van der Waals surface area contributed by atoms with Crippen LogP contribution in [0, 0.1) is 5.92 Å². The Kier molecular flexibility index (Phi) is 4.73. The molecule has 0 radical (unpaired) electrons. The van der Waals surface area contributed by atoms with Gasteiger partial charge in [-0.25, -0.2) is 12.7 Å². The number of nitrogens with zero attached hydrogens (tertiary/aromatic N) is 1. The maximum Gasteiger partial charge on any atom is 0.241 e. The molecule has 1 fully saturated rings. The molecule has 2 aromatic carbocycles. The van der Waals surface area contributed by atoms with E-state index in [1.54, 1.807) is 0 Å². The number of hydrogen-bond acceptors (Lipinski definition) is 4. The van der Waals surface area contributed by atoms with Crippen LogP contribution in [0.3, 0.4) is 0 Å². The van der Waals surface area contributed by atoms with Crippen molar-refractivity contribution in [3.63, 3.8) is 0 Å². The van der Waals surface area contributed by atoms with Gasteiger partial charge >= 0.3 is 0 Å². The molecule has 1 aliphatic rings. The van der Waals surface area contributed by atoms with Crippen LogP contribution in [0.4, 0.5) is 0 Å². The number of benzene rings is 2. The summed E-state index contributed by atoms with van der Waals surface area (Å²) >= 11 is 1.36. The fraction of sp³-hybridized carbons (Fsp3) is 0.235. The van der Waals surface area contributed by atoms with Crippen LogP contribution in [-0.2, 0) is 21.2 Å². The lowest BCUT2D eigenvalue weighted by Crippen LogP contribution is -2.30. The number of sulfonamides is 1. The summed E-state index contributed by atoms with van der Waals surface area (Å²) < 4.78 is 25.6. The van der Waals surface area contributed by atoms with Crippen LogP contribution in [0.1, 0.15) is 5.56 Å². The summed E-state index contributed by atoms with van der Waals surface area (Å²) in [5.74, 6) is -0.747. The maximum absolute atomic E-state index is 12.5. The monoisotopic (exact) mass is 347 g/mol. The summed E-state index contributed by atoms with van der Waals surface area (Å²) in [7, 11) is -3.51. The van der Waals surface area contributed by atoms with E-state index in [0.717, 1.165) is 14.8 Å². The van der Waals surface area contributed by atoms with Gasteiger partial charge in [0.25, 0.3) is 0 Å². The summed E-state index contributed by atoms with van der Waals surface area (Å²) in [5.41, 5.74) is 0.985. The predicted octanol–water partition coefficient (Wildman–Crippen LogP) is 2.77. The second-order valence-electron chi connectivity index (χ2n) is 5.44. The number of rotatable bonds is 5. The minimum atomic E-state index is -3.51. The van der Waals surface area contributed by atoms with Crippen molar-refractivity contribution in [3.8, 4) is 0 Å². The molecule has 120 valence electrons. The molecule has 1 aliphatic heterocycles. The lowest BCUT2D eigenvalue weighted by molar-refractivity contribution is -0.127. The molecule has 0 saturated carbocycles. The summed E-state index contributed by atoms with van der Waals surface area (Å²) in [4.78, 5) is 13.4. The highest BCUT2D eigenvalue weighted by molar-refractivity contribution is 8.00. The summed E-state index contributed by atoms with van der Waals surface area (Å²) in [6, 6.07) is 19.0. The lowest BCUT2D eigenvalue weighted by atomic mass is 10.0. The van der Waals surface area contributed by atoms with Gasteiger partial charge in [0.05, 0.1) is 17.5 Å². The average Bonchev–Trinajstić information content (AvgIpc) is 2.76. The van der Waals surface area contributed by atoms with Crippen molar-refractivity contribution in [1.82, 2.24) is 4.31 Å². The van der Waals surface area contributed by atoms with E-state index in [1.165, 1.54) is 11.8 Å². The SMILES string of the molecule is O=C1C(Cc2ccccc2)CS(=O)(=O)N1CSc1ccccc1. The first kappa shape index (κ1) is 16.1. The molecule has 0 bridgehead atoms. The molecule has 0 spiro atoms. The van der Waals surface area contributed by atoms with Gasteiger partial charge in [-0.3, -0.25) is 4.79 Å². The van der Waals surface area contributed by atoms with Crippen molar-refractivity contribution in [1.29, 1.82) is 0 Å². The van der Waals surface area contributed by atoms with Gasteiger partial charge in [-0.05, 0) is 24.1 Å². The summed E-state index contributed by atoms with van der Waals surface area (Å²) in [6.45, 7) is 0. The highest BCUT2D eigenvalue weighted by atomic mass is 32.2. The van der Waals surface area contributed by atoms with Crippen LogP contribution in [0.25, 0.3) is 0 Å². The molecule has 1 amide bonds. The van der Waals surface area contributed by atoms with Crippen molar-refractivity contribution < 1.29 is 13.2 Å². The molecule has 0 aromatic heterocycles. The van der Waals surface area contributed by atoms with Gasteiger partial charge in [0.15, 0.2) is 0 Å². The second kappa shape index (κ2) is 6.76. The fourth-order valence-electron chi connectivity index (χ4n) is 2.59. The van der Waals surface area contributed by atoms with Crippen molar-refractivity contribution in [3.05, 3.63) is 66.2 Å². The van der Waals surface area contributed by atoms with Gasteiger partial charge < -0.3 is 0 Å².